The van der Waals surface area contributed by atoms with Crippen LogP contribution in [0.2, 0.25) is 0 Å². The number of likely N-dealkylation sites (N-methyl/N-ethyl adjacent to an activating group) is 1. The SMILES string of the molecule is CCNC(C)C(C)c1cc(C)nc2ccccc12. The molecular weight excluding hydrogens is 220 g/mol. The first-order chi connectivity index (χ1) is 8.63. The number of fused-ring (bicyclic) bond motifs is 1. The Morgan fingerprint density at radius 3 is 2.67 bits per heavy atom. The maximum Gasteiger partial charge on any atom is 0.0708 e. The lowest BCUT2D eigenvalue weighted by atomic mass is 9.91. The molecule has 0 radical (unpaired) electrons. The number of aromatic nitrogens is 1. The summed E-state index contributed by atoms with van der Waals surface area (Å²) in [5, 5.41) is 4.79. The predicted octanol–water partition coefficient (Wildman–Crippen LogP) is 3.64. The smallest absolute Gasteiger partial charge is 0.0708 e. The Morgan fingerprint density at radius 1 is 1.22 bits per heavy atom. The van der Waals surface area contributed by atoms with Crippen molar-refractivity contribution in [3.8, 4) is 0 Å². The van der Waals surface area contributed by atoms with Crippen LogP contribution in [-0.2, 0) is 0 Å². The van der Waals surface area contributed by atoms with Crippen LogP contribution in [0.5, 0.6) is 0 Å². The van der Waals surface area contributed by atoms with Crippen LogP contribution in [0.1, 0.15) is 37.9 Å². The van der Waals surface area contributed by atoms with E-state index in [2.05, 4.69) is 68.3 Å². The van der Waals surface area contributed by atoms with E-state index in [0.29, 0.717) is 12.0 Å². The van der Waals surface area contributed by atoms with Gasteiger partial charge in [0.1, 0.15) is 0 Å². The van der Waals surface area contributed by atoms with Crippen molar-refractivity contribution in [1.82, 2.24) is 10.3 Å². The van der Waals surface area contributed by atoms with Crippen molar-refractivity contribution in [1.29, 1.82) is 0 Å². The van der Waals surface area contributed by atoms with Gasteiger partial charge in [0, 0.05) is 17.1 Å². The van der Waals surface area contributed by atoms with E-state index >= 15 is 0 Å². The molecule has 0 aliphatic carbocycles. The molecule has 18 heavy (non-hydrogen) atoms. The molecule has 2 unspecified atom stereocenters. The van der Waals surface area contributed by atoms with Gasteiger partial charge in [0.15, 0.2) is 0 Å². The molecule has 2 aromatic rings. The van der Waals surface area contributed by atoms with Crippen molar-refractivity contribution < 1.29 is 0 Å². The van der Waals surface area contributed by atoms with Gasteiger partial charge in [-0.15, -0.1) is 0 Å². The fourth-order valence-electron chi connectivity index (χ4n) is 2.49. The largest absolute Gasteiger partial charge is 0.314 e. The second-order valence-corrected chi connectivity index (χ2v) is 5.01. The first-order valence-corrected chi connectivity index (χ1v) is 6.73. The van der Waals surface area contributed by atoms with Gasteiger partial charge >= 0.3 is 0 Å². The van der Waals surface area contributed by atoms with Crippen molar-refractivity contribution in [3.05, 3.63) is 41.6 Å². The quantitative estimate of drug-likeness (QED) is 0.885. The standard InChI is InChI=1S/C16H22N2/c1-5-17-13(4)12(3)15-10-11(2)18-16-9-7-6-8-14(15)16/h6-10,12-13,17H,5H2,1-4H3. The molecule has 96 valence electrons. The Bertz CT molecular complexity index is 534. The monoisotopic (exact) mass is 242 g/mol. The molecule has 1 aromatic heterocycles. The van der Waals surface area contributed by atoms with E-state index in [1.165, 1.54) is 10.9 Å². The Morgan fingerprint density at radius 2 is 1.94 bits per heavy atom. The molecule has 0 bridgehead atoms. The molecule has 2 nitrogen and oxygen atoms in total. The van der Waals surface area contributed by atoms with Crippen LogP contribution in [0.15, 0.2) is 30.3 Å². The number of para-hydroxylation sites is 1. The van der Waals surface area contributed by atoms with Gasteiger partial charge in [0.05, 0.1) is 5.52 Å². The first kappa shape index (κ1) is 13.0. The van der Waals surface area contributed by atoms with Crippen LogP contribution in [0.25, 0.3) is 10.9 Å². The first-order valence-electron chi connectivity index (χ1n) is 6.73. The lowest BCUT2D eigenvalue weighted by Gasteiger charge is -2.22. The summed E-state index contributed by atoms with van der Waals surface area (Å²) in [6, 6.07) is 11.1. The van der Waals surface area contributed by atoms with Crippen LogP contribution >= 0.6 is 0 Å². The molecule has 2 atom stereocenters. The third-order valence-electron chi connectivity index (χ3n) is 3.64. The molecule has 0 aliphatic rings. The molecule has 1 N–H and O–H groups in total. The second-order valence-electron chi connectivity index (χ2n) is 5.01. The highest BCUT2D eigenvalue weighted by Gasteiger charge is 2.16. The van der Waals surface area contributed by atoms with E-state index < -0.39 is 0 Å². The summed E-state index contributed by atoms with van der Waals surface area (Å²) in [7, 11) is 0. The third-order valence-corrected chi connectivity index (χ3v) is 3.64. The fraction of sp³-hybridized carbons (Fsp3) is 0.438. The predicted molar refractivity (Wildman–Crippen MR) is 78.0 cm³/mol. The molecule has 0 spiro atoms. The average molecular weight is 242 g/mol. The van der Waals surface area contributed by atoms with Gasteiger partial charge in [-0.3, -0.25) is 4.98 Å². The second kappa shape index (κ2) is 5.49. The molecule has 2 rings (SSSR count). The van der Waals surface area contributed by atoms with Crippen molar-refractivity contribution in [2.24, 2.45) is 0 Å². The van der Waals surface area contributed by atoms with Gasteiger partial charge in [-0.1, -0.05) is 32.0 Å². The highest BCUT2D eigenvalue weighted by atomic mass is 14.9. The summed E-state index contributed by atoms with van der Waals surface area (Å²) in [6.07, 6.45) is 0. The number of hydrogen-bond acceptors (Lipinski definition) is 2. The van der Waals surface area contributed by atoms with E-state index in [9.17, 15) is 0 Å². The van der Waals surface area contributed by atoms with Crippen LogP contribution in [-0.4, -0.2) is 17.6 Å². The van der Waals surface area contributed by atoms with Gasteiger partial charge in [-0.25, -0.2) is 0 Å². The zero-order valence-corrected chi connectivity index (χ0v) is 11.7. The van der Waals surface area contributed by atoms with E-state index in [1.807, 2.05) is 0 Å². The minimum absolute atomic E-state index is 0.472. The highest BCUT2D eigenvalue weighted by Crippen LogP contribution is 2.27. The minimum Gasteiger partial charge on any atom is -0.314 e. The van der Waals surface area contributed by atoms with E-state index in [0.717, 1.165) is 17.8 Å². The normalized spacial score (nSPS) is 14.7. The van der Waals surface area contributed by atoms with E-state index in [1.54, 1.807) is 0 Å². The van der Waals surface area contributed by atoms with Crippen LogP contribution in [0.3, 0.4) is 0 Å². The van der Waals surface area contributed by atoms with Gasteiger partial charge in [0.25, 0.3) is 0 Å². The number of nitrogens with one attached hydrogen (secondary N) is 1. The number of pyridine rings is 1. The maximum atomic E-state index is 4.60. The summed E-state index contributed by atoms with van der Waals surface area (Å²) in [6.45, 7) is 9.76. The molecule has 0 amide bonds. The molecule has 2 heteroatoms. The lowest BCUT2D eigenvalue weighted by molar-refractivity contribution is 0.496. The van der Waals surface area contributed by atoms with Crippen LogP contribution < -0.4 is 5.32 Å². The summed E-state index contributed by atoms with van der Waals surface area (Å²) in [5.41, 5.74) is 3.59. The third kappa shape index (κ3) is 2.54. The number of rotatable bonds is 4. The van der Waals surface area contributed by atoms with Crippen molar-refractivity contribution in [2.75, 3.05) is 6.54 Å². The topological polar surface area (TPSA) is 24.9 Å². The van der Waals surface area contributed by atoms with Gasteiger partial charge < -0.3 is 5.32 Å². The molecule has 0 saturated carbocycles. The van der Waals surface area contributed by atoms with Crippen molar-refractivity contribution in [3.63, 3.8) is 0 Å². The fourth-order valence-corrected chi connectivity index (χ4v) is 2.49. The Hall–Kier alpha value is -1.41. The highest BCUT2D eigenvalue weighted by molar-refractivity contribution is 5.82. The minimum atomic E-state index is 0.472. The number of benzene rings is 1. The molecule has 0 fully saturated rings. The molecule has 1 heterocycles. The summed E-state index contributed by atoms with van der Waals surface area (Å²) in [5.74, 6) is 0.483. The summed E-state index contributed by atoms with van der Waals surface area (Å²) >= 11 is 0. The number of hydrogen-bond donors (Lipinski definition) is 1. The average Bonchev–Trinajstić information content (AvgIpc) is 2.37. The lowest BCUT2D eigenvalue weighted by Crippen LogP contribution is -2.30. The van der Waals surface area contributed by atoms with Gasteiger partial charge in [-0.05, 0) is 44.0 Å². The Kier molecular flexibility index (Phi) is 3.97. The Labute approximate surface area is 109 Å². The van der Waals surface area contributed by atoms with Crippen molar-refractivity contribution >= 4 is 10.9 Å². The zero-order valence-electron chi connectivity index (χ0n) is 11.7. The summed E-state index contributed by atoms with van der Waals surface area (Å²) < 4.78 is 0. The van der Waals surface area contributed by atoms with E-state index in [4.69, 9.17) is 0 Å². The Balaban J connectivity index is 2.49. The molecular formula is C16H22N2. The number of nitrogens with zero attached hydrogens (tertiary/aromatic N) is 1. The molecule has 0 aliphatic heterocycles. The van der Waals surface area contributed by atoms with Crippen molar-refractivity contribution in [2.45, 2.75) is 39.7 Å². The van der Waals surface area contributed by atoms with E-state index in [-0.39, 0.29) is 0 Å². The van der Waals surface area contributed by atoms with Gasteiger partial charge in [0.2, 0.25) is 0 Å². The molecule has 1 aromatic carbocycles. The zero-order chi connectivity index (χ0) is 13.1. The van der Waals surface area contributed by atoms with Crippen LogP contribution in [0, 0.1) is 6.92 Å². The summed E-state index contributed by atoms with van der Waals surface area (Å²) in [4.78, 5) is 4.60. The van der Waals surface area contributed by atoms with Crippen LogP contribution in [0.4, 0.5) is 0 Å². The molecule has 0 saturated heterocycles. The number of aryl methyl sites for hydroxylation is 1. The van der Waals surface area contributed by atoms with Gasteiger partial charge in [-0.2, -0.15) is 0 Å². The maximum absolute atomic E-state index is 4.60.